The van der Waals surface area contributed by atoms with Gasteiger partial charge in [0.25, 0.3) is 0 Å². The van der Waals surface area contributed by atoms with E-state index < -0.39 is 65.0 Å². The van der Waals surface area contributed by atoms with Crippen LogP contribution in [-0.4, -0.2) is 65.0 Å². The van der Waals surface area contributed by atoms with Crippen LogP contribution in [0, 0.1) is 0 Å². The highest BCUT2D eigenvalue weighted by Gasteiger charge is 2.97. The minimum absolute atomic E-state index is 3.96. The summed E-state index contributed by atoms with van der Waals surface area (Å²) in [5.74, 6) is -68.9. The molecule has 0 aromatic rings. The molecular weight excluding hydrogens is 632 g/mol. The van der Waals surface area contributed by atoms with Crippen molar-refractivity contribution in [2.75, 3.05) is 0 Å². The standard InChI is InChI=1S/C10Cl3F19OSi/c11-34(12,13)1(33)2(14,15)3(16,17)4(18,19)5(20,21)6(22,23)7(24,25)8(26,27)9(28,29)10(30,31)32. The first-order chi connectivity index (χ1) is 14.2. The highest BCUT2D eigenvalue weighted by Crippen LogP contribution is 2.65. The zero-order valence-electron chi connectivity index (χ0n) is 14.2. The van der Waals surface area contributed by atoms with Gasteiger partial charge < -0.3 is 0 Å². The summed E-state index contributed by atoms with van der Waals surface area (Å²) in [6.07, 6.45) is -7.97. The first-order valence-corrected chi connectivity index (χ1v) is 11.9. The van der Waals surface area contributed by atoms with E-state index in [9.17, 15) is 88.2 Å². The molecule has 0 bridgehead atoms. The highest BCUT2D eigenvalue weighted by molar-refractivity contribution is 7.75. The van der Waals surface area contributed by atoms with Gasteiger partial charge in [-0.15, -0.1) is 33.2 Å². The number of carbonyl (C=O) groups is 1. The van der Waals surface area contributed by atoms with Crippen molar-refractivity contribution >= 4 is 44.6 Å². The second kappa shape index (κ2) is 8.22. The molecule has 0 N–H and O–H groups in total. The van der Waals surface area contributed by atoms with Gasteiger partial charge in [-0.1, -0.05) is 0 Å². The third kappa shape index (κ3) is 4.18. The summed E-state index contributed by atoms with van der Waals surface area (Å²) in [4.78, 5) is 10.9. The van der Waals surface area contributed by atoms with Crippen molar-refractivity contribution in [3.63, 3.8) is 0 Å². The quantitative estimate of drug-likeness (QED) is 0.147. The number of carbonyl (C=O) groups excluding carboxylic acids is 1. The summed E-state index contributed by atoms with van der Waals surface area (Å²) in [5, 5.41) is -3.96. The van der Waals surface area contributed by atoms with Gasteiger partial charge in [-0.2, -0.15) is 83.4 Å². The van der Waals surface area contributed by atoms with E-state index in [1.165, 1.54) is 0 Å². The lowest BCUT2D eigenvalue weighted by Crippen LogP contribution is -2.76. The fraction of sp³-hybridized carbons (Fsp3) is 0.900. The van der Waals surface area contributed by atoms with Crippen LogP contribution in [0.25, 0.3) is 0 Å². The number of hydrogen-bond acceptors (Lipinski definition) is 1. The summed E-state index contributed by atoms with van der Waals surface area (Å²) >= 11 is 13.4. The third-order valence-corrected chi connectivity index (χ3v) is 6.03. The molecule has 0 radical (unpaired) electrons. The van der Waals surface area contributed by atoms with Gasteiger partial charge in [-0.25, -0.2) is 0 Å². The summed E-state index contributed by atoms with van der Waals surface area (Å²) in [6, 6.07) is -6.01. The number of rotatable bonds is 9. The Morgan fingerprint density at radius 2 is 0.618 bits per heavy atom. The molecule has 0 aliphatic heterocycles. The Morgan fingerprint density at radius 1 is 0.412 bits per heavy atom. The van der Waals surface area contributed by atoms with Crippen molar-refractivity contribution in [3.05, 3.63) is 0 Å². The zero-order valence-corrected chi connectivity index (χ0v) is 17.5. The monoisotopic (exact) mass is 630 g/mol. The third-order valence-electron chi connectivity index (χ3n) is 3.66. The van der Waals surface area contributed by atoms with Crippen LogP contribution in [0.2, 0.25) is 0 Å². The Balaban J connectivity index is 7.04. The topological polar surface area (TPSA) is 17.1 Å². The number of alkyl halides is 19. The molecule has 0 aliphatic carbocycles. The summed E-state index contributed by atoms with van der Waals surface area (Å²) in [6.45, 7) is 0. The molecule has 24 heteroatoms. The number of halogens is 22. The predicted octanol–water partition coefficient (Wildman–Crippen LogP) is 7.39. The van der Waals surface area contributed by atoms with Crippen molar-refractivity contribution < 1.29 is 88.2 Å². The van der Waals surface area contributed by atoms with Gasteiger partial charge in [0, 0.05) is 0 Å². The maximum Gasteiger partial charge on any atom is 0.460 e. The van der Waals surface area contributed by atoms with Crippen molar-refractivity contribution in [1.82, 2.24) is 0 Å². The maximum atomic E-state index is 13.5. The van der Waals surface area contributed by atoms with Crippen molar-refractivity contribution in [2.24, 2.45) is 0 Å². The van der Waals surface area contributed by atoms with Crippen LogP contribution in [0.15, 0.2) is 0 Å². The molecule has 34 heavy (non-hydrogen) atoms. The van der Waals surface area contributed by atoms with Gasteiger partial charge in [-0.05, 0) is 0 Å². The Morgan fingerprint density at radius 3 is 0.824 bits per heavy atom. The van der Waals surface area contributed by atoms with E-state index in [2.05, 4.69) is 33.2 Å². The summed E-state index contributed by atoms with van der Waals surface area (Å²) < 4.78 is 247. The maximum absolute atomic E-state index is 13.5. The van der Waals surface area contributed by atoms with Gasteiger partial charge >= 0.3 is 59.6 Å². The van der Waals surface area contributed by atoms with Crippen LogP contribution < -0.4 is 0 Å². The molecule has 0 spiro atoms. The number of hydrogen-bond donors (Lipinski definition) is 0. The van der Waals surface area contributed by atoms with Crippen LogP contribution in [0.5, 0.6) is 0 Å². The smallest absolute Gasteiger partial charge is 0.293 e. The van der Waals surface area contributed by atoms with Crippen LogP contribution in [-0.2, 0) is 4.79 Å². The molecule has 0 aliphatic rings. The lowest BCUT2D eigenvalue weighted by molar-refractivity contribution is -0.466. The molecule has 0 rings (SSSR count). The molecule has 0 aromatic heterocycles. The molecule has 1 nitrogen and oxygen atoms in total. The fourth-order valence-electron chi connectivity index (χ4n) is 1.68. The molecule has 0 amide bonds. The van der Waals surface area contributed by atoms with Crippen LogP contribution in [0.1, 0.15) is 0 Å². The van der Waals surface area contributed by atoms with Crippen LogP contribution in [0.4, 0.5) is 83.4 Å². The zero-order chi connectivity index (χ0) is 28.6. The van der Waals surface area contributed by atoms with Gasteiger partial charge in [-0.3, -0.25) is 4.79 Å². The lowest BCUT2D eigenvalue weighted by atomic mass is 9.87. The Labute approximate surface area is 187 Å². The Kier molecular flexibility index (Phi) is 8.08. The van der Waals surface area contributed by atoms with Gasteiger partial charge in [0.1, 0.15) is 0 Å². The molecule has 0 aromatic carbocycles. The van der Waals surface area contributed by atoms with E-state index >= 15 is 0 Å². The first-order valence-electron chi connectivity index (χ1n) is 6.86. The van der Waals surface area contributed by atoms with E-state index in [1.54, 1.807) is 0 Å². The SMILES string of the molecule is O=C(C(F)(F)C(F)(F)C(F)(F)C(F)(F)C(F)(F)C(F)(F)C(F)(F)C(F)(F)C(F)(F)F)[Si](Cl)(Cl)Cl. The van der Waals surface area contributed by atoms with Crippen LogP contribution >= 0.6 is 33.2 Å². The van der Waals surface area contributed by atoms with E-state index in [-0.39, 0.29) is 0 Å². The minimum Gasteiger partial charge on any atom is -0.293 e. The molecule has 0 unspecified atom stereocenters. The normalized spacial score (nSPS) is 16.6. The largest absolute Gasteiger partial charge is 0.460 e. The van der Waals surface area contributed by atoms with Crippen molar-refractivity contribution in [2.45, 2.75) is 53.6 Å². The van der Waals surface area contributed by atoms with Gasteiger partial charge in [0.2, 0.25) is 5.41 Å². The fourth-order valence-corrected chi connectivity index (χ4v) is 3.26. The van der Waals surface area contributed by atoms with E-state index in [1.807, 2.05) is 0 Å². The molecule has 0 fully saturated rings. The van der Waals surface area contributed by atoms with E-state index in [0.29, 0.717) is 0 Å². The summed E-state index contributed by atoms with van der Waals surface area (Å²) in [5.41, 5.74) is 0. The van der Waals surface area contributed by atoms with Crippen LogP contribution in [0.3, 0.4) is 0 Å². The minimum atomic E-state index is -9.08. The highest BCUT2D eigenvalue weighted by atomic mass is 35.8. The summed E-state index contributed by atoms with van der Waals surface area (Å²) in [7, 11) is 0. The molecule has 0 saturated carbocycles. The Hall–Kier alpha value is -0.573. The van der Waals surface area contributed by atoms with Crippen molar-refractivity contribution in [3.8, 4) is 0 Å². The van der Waals surface area contributed by atoms with Crippen molar-refractivity contribution in [1.29, 1.82) is 0 Å². The molecule has 0 heterocycles. The average Bonchev–Trinajstić information content (AvgIpc) is 2.57. The second-order valence-corrected chi connectivity index (χ2v) is 14.2. The van der Waals surface area contributed by atoms with E-state index in [4.69, 9.17) is 0 Å². The molecule has 204 valence electrons. The molecule has 0 saturated heterocycles. The average molecular weight is 632 g/mol. The molecule has 0 atom stereocenters. The van der Waals surface area contributed by atoms with Gasteiger partial charge in [0.05, 0.1) is 0 Å². The lowest BCUT2D eigenvalue weighted by Gasteiger charge is -2.43. The first kappa shape index (κ1) is 33.4. The second-order valence-electron chi connectivity index (χ2n) is 5.92. The van der Waals surface area contributed by atoms with Gasteiger partial charge in [0.15, 0.2) is 0 Å². The predicted molar refractivity (Wildman–Crippen MR) is 74.0 cm³/mol. The molecular formula is C10Cl3F19OSi. The van der Waals surface area contributed by atoms with E-state index in [0.717, 1.165) is 0 Å². The Bertz CT molecular complexity index is 797.